The molecule has 0 aromatic carbocycles. The summed E-state index contributed by atoms with van der Waals surface area (Å²) in [6.07, 6.45) is 5.82. The van der Waals surface area contributed by atoms with Crippen LogP contribution in [0.1, 0.15) is 71.9 Å². The van der Waals surface area contributed by atoms with Crippen molar-refractivity contribution in [3.05, 3.63) is 23.9 Å². The molecule has 0 saturated carbocycles. The number of rotatable bonds is 4. The predicted octanol–water partition coefficient (Wildman–Crippen LogP) is 4.78. The smallest absolute Gasteiger partial charge is 0.416 e. The molecule has 2 atom stereocenters. The van der Waals surface area contributed by atoms with Gasteiger partial charge >= 0.3 is 6.09 Å². The Morgan fingerprint density at radius 1 is 1.44 bits per heavy atom. The lowest BCUT2D eigenvalue weighted by molar-refractivity contribution is 0.0564. The quantitative estimate of drug-likeness (QED) is 0.786. The van der Waals surface area contributed by atoms with E-state index >= 15 is 0 Å². The lowest BCUT2D eigenvalue weighted by atomic mass is 9.95. The highest BCUT2D eigenvalue weighted by Crippen LogP contribution is 2.35. The summed E-state index contributed by atoms with van der Waals surface area (Å²) in [6, 6.07) is 4.39. The first-order valence-electron chi connectivity index (χ1n) is 9.42. The van der Waals surface area contributed by atoms with E-state index in [1.54, 1.807) is 11.1 Å². The number of carbonyl (C=O) groups is 1. The highest BCUT2D eigenvalue weighted by Gasteiger charge is 2.32. The minimum Gasteiger partial charge on any atom is -0.443 e. The highest BCUT2D eigenvalue weighted by molar-refractivity contribution is 5.88. The Labute approximate surface area is 152 Å². The number of carbonyl (C=O) groups excluding carboxylic acids is 1. The summed E-state index contributed by atoms with van der Waals surface area (Å²) in [4.78, 5) is 21.6. The monoisotopic (exact) mass is 347 g/mol. The van der Waals surface area contributed by atoms with E-state index in [9.17, 15) is 4.79 Å². The molecule has 2 rings (SSSR count). The van der Waals surface area contributed by atoms with Gasteiger partial charge in [0.2, 0.25) is 0 Å². The Morgan fingerprint density at radius 2 is 2.16 bits per heavy atom. The van der Waals surface area contributed by atoms with Gasteiger partial charge in [0.1, 0.15) is 11.4 Å². The van der Waals surface area contributed by atoms with Crippen molar-refractivity contribution in [2.75, 3.05) is 18.5 Å². The maximum absolute atomic E-state index is 12.9. The van der Waals surface area contributed by atoms with Crippen LogP contribution in [0.5, 0.6) is 0 Å². The van der Waals surface area contributed by atoms with Crippen LogP contribution in [0.25, 0.3) is 0 Å². The number of hydrogen-bond donors (Lipinski definition) is 0. The fourth-order valence-electron chi connectivity index (χ4n) is 3.31. The van der Waals surface area contributed by atoms with Gasteiger partial charge in [0.25, 0.3) is 0 Å². The predicted molar refractivity (Wildman–Crippen MR) is 102 cm³/mol. The highest BCUT2D eigenvalue weighted by atomic mass is 16.6. The lowest BCUT2D eigenvalue weighted by Gasteiger charge is -2.37. The van der Waals surface area contributed by atoms with Gasteiger partial charge in [0.05, 0.1) is 0 Å². The van der Waals surface area contributed by atoms with E-state index in [1.807, 2.05) is 33.8 Å². The number of pyridine rings is 1. The molecular weight excluding hydrogens is 314 g/mol. The molecule has 140 valence electrons. The molecule has 0 radical (unpaired) electrons. The van der Waals surface area contributed by atoms with Crippen molar-refractivity contribution in [1.82, 2.24) is 9.88 Å². The van der Waals surface area contributed by atoms with E-state index in [2.05, 4.69) is 29.9 Å². The third kappa shape index (κ3) is 4.94. The Balaban J connectivity index is 2.42. The number of ether oxygens (including phenoxy) is 1. The number of piperidine rings is 1. The Bertz CT molecular complexity index is 583. The normalized spacial score (nSPS) is 20.2. The second-order valence-electron chi connectivity index (χ2n) is 8.02. The van der Waals surface area contributed by atoms with Gasteiger partial charge in [-0.3, -0.25) is 9.80 Å². The third-order valence-corrected chi connectivity index (χ3v) is 4.80. The van der Waals surface area contributed by atoms with Gasteiger partial charge in [-0.25, -0.2) is 9.78 Å². The molecule has 5 nitrogen and oxygen atoms in total. The second kappa shape index (κ2) is 8.17. The van der Waals surface area contributed by atoms with Crippen molar-refractivity contribution >= 4 is 11.9 Å². The van der Waals surface area contributed by atoms with Crippen LogP contribution in [0.3, 0.4) is 0 Å². The van der Waals surface area contributed by atoms with Gasteiger partial charge in [-0.15, -0.1) is 0 Å². The molecule has 2 unspecified atom stereocenters. The molecule has 0 bridgehead atoms. The number of aromatic nitrogens is 1. The largest absolute Gasteiger partial charge is 0.443 e. The number of likely N-dealkylation sites (tertiary alicyclic amines) is 1. The third-order valence-electron chi connectivity index (χ3n) is 4.80. The van der Waals surface area contributed by atoms with Gasteiger partial charge in [0.15, 0.2) is 0 Å². The zero-order chi connectivity index (χ0) is 18.6. The number of anilines is 1. The summed E-state index contributed by atoms with van der Waals surface area (Å²) in [5.41, 5.74) is 0.593. The summed E-state index contributed by atoms with van der Waals surface area (Å²) < 4.78 is 5.68. The molecule has 1 aliphatic rings. The van der Waals surface area contributed by atoms with Crippen LogP contribution in [0, 0.1) is 0 Å². The van der Waals surface area contributed by atoms with E-state index in [4.69, 9.17) is 4.74 Å². The maximum atomic E-state index is 12.9. The maximum Gasteiger partial charge on any atom is 0.416 e. The molecule has 0 spiro atoms. The van der Waals surface area contributed by atoms with Crippen LogP contribution >= 0.6 is 0 Å². The van der Waals surface area contributed by atoms with Gasteiger partial charge in [-0.05, 0) is 66.6 Å². The van der Waals surface area contributed by atoms with Crippen LogP contribution in [0.15, 0.2) is 18.3 Å². The summed E-state index contributed by atoms with van der Waals surface area (Å²) in [5.74, 6) is 0.741. The molecule has 1 saturated heterocycles. The molecule has 2 heterocycles. The van der Waals surface area contributed by atoms with Gasteiger partial charge in [-0.2, -0.15) is 0 Å². The molecule has 1 amide bonds. The Hall–Kier alpha value is -1.62. The first-order valence-corrected chi connectivity index (χ1v) is 9.42. The average Bonchev–Trinajstić information content (AvgIpc) is 2.54. The van der Waals surface area contributed by atoms with Gasteiger partial charge in [-0.1, -0.05) is 19.4 Å². The topological polar surface area (TPSA) is 45.7 Å². The first kappa shape index (κ1) is 19.7. The Morgan fingerprint density at radius 3 is 2.76 bits per heavy atom. The lowest BCUT2D eigenvalue weighted by Crippen LogP contribution is -2.43. The fraction of sp³-hybridized carbons (Fsp3) is 0.700. The molecule has 0 aliphatic carbocycles. The van der Waals surface area contributed by atoms with Crippen LogP contribution < -0.4 is 4.90 Å². The van der Waals surface area contributed by atoms with Gasteiger partial charge < -0.3 is 4.74 Å². The van der Waals surface area contributed by atoms with E-state index in [0.29, 0.717) is 6.04 Å². The molecule has 1 aliphatic heterocycles. The van der Waals surface area contributed by atoms with Crippen LogP contribution in [-0.2, 0) is 4.74 Å². The van der Waals surface area contributed by atoms with Crippen molar-refractivity contribution in [3.63, 3.8) is 0 Å². The van der Waals surface area contributed by atoms with Crippen molar-refractivity contribution in [3.8, 4) is 0 Å². The minimum absolute atomic E-state index is 0.0254. The molecule has 1 aromatic heterocycles. The van der Waals surface area contributed by atoms with E-state index in [1.165, 1.54) is 12.8 Å². The zero-order valence-electron chi connectivity index (χ0n) is 16.6. The Kier molecular flexibility index (Phi) is 6.44. The summed E-state index contributed by atoms with van der Waals surface area (Å²) in [5, 5.41) is 0. The van der Waals surface area contributed by atoms with Crippen LogP contribution in [0.4, 0.5) is 10.6 Å². The van der Waals surface area contributed by atoms with Crippen LogP contribution in [0.2, 0.25) is 0 Å². The fourth-order valence-corrected chi connectivity index (χ4v) is 3.31. The minimum atomic E-state index is -0.528. The second-order valence-corrected chi connectivity index (χ2v) is 8.02. The standard InChI is InChI=1S/C20H33N3O2/c1-7-15(2)23(19(24)25-20(3,4)5)18-16(11-10-13-21-18)17-12-8-9-14-22(17)6/h10-11,13,15,17H,7-9,12,14H2,1-6H3. The van der Waals surface area contributed by atoms with E-state index in [0.717, 1.165) is 30.8 Å². The number of hydrogen-bond acceptors (Lipinski definition) is 4. The SMILES string of the molecule is CCC(C)N(C(=O)OC(C)(C)C)c1ncccc1C1CCCCN1C. The molecule has 0 N–H and O–H groups in total. The van der Waals surface area contributed by atoms with E-state index in [-0.39, 0.29) is 12.1 Å². The molecule has 1 aromatic rings. The zero-order valence-corrected chi connectivity index (χ0v) is 16.6. The molecule has 25 heavy (non-hydrogen) atoms. The first-order chi connectivity index (χ1) is 11.7. The van der Waals surface area contributed by atoms with Crippen molar-refractivity contribution in [1.29, 1.82) is 0 Å². The number of amides is 1. The molecule has 1 fully saturated rings. The average molecular weight is 348 g/mol. The molecule has 5 heteroatoms. The van der Waals surface area contributed by atoms with Crippen molar-refractivity contribution in [2.24, 2.45) is 0 Å². The number of nitrogens with zero attached hydrogens (tertiary/aromatic N) is 3. The summed E-state index contributed by atoms with van der Waals surface area (Å²) in [6.45, 7) is 10.9. The van der Waals surface area contributed by atoms with Crippen molar-refractivity contribution < 1.29 is 9.53 Å². The van der Waals surface area contributed by atoms with Gasteiger partial charge in [0, 0.05) is 23.8 Å². The van der Waals surface area contributed by atoms with Crippen LogP contribution in [-0.4, -0.2) is 41.2 Å². The van der Waals surface area contributed by atoms with Crippen molar-refractivity contribution in [2.45, 2.75) is 78.0 Å². The molecular formula is C20H33N3O2. The summed E-state index contributed by atoms with van der Waals surface area (Å²) in [7, 11) is 2.15. The van der Waals surface area contributed by atoms with E-state index < -0.39 is 5.60 Å². The summed E-state index contributed by atoms with van der Waals surface area (Å²) >= 11 is 0.